The van der Waals surface area contributed by atoms with E-state index in [9.17, 15) is 14.9 Å². The second-order valence-electron chi connectivity index (χ2n) is 8.01. The molecule has 2 fully saturated rings. The summed E-state index contributed by atoms with van der Waals surface area (Å²) in [6.07, 6.45) is 6.49. The summed E-state index contributed by atoms with van der Waals surface area (Å²) in [5.74, 6) is 0.738. The average Bonchev–Trinajstić information content (AvgIpc) is 2.79. The lowest BCUT2D eigenvalue weighted by atomic mass is 9.84. The van der Waals surface area contributed by atoms with Crippen LogP contribution < -0.4 is 4.90 Å². The molecule has 152 valence electrons. The maximum atomic E-state index is 12.9. The zero-order valence-corrected chi connectivity index (χ0v) is 16.6. The summed E-state index contributed by atoms with van der Waals surface area (Å²) in [6.45, 7) is 2.76. The van der Waals surface area contributed by atoms with Crippen molar-refractivity contribution in [2.45, 2.75) is 38.0 Å². The third-order valence-corrected chi connectivity index (χ3v) is 6.23. The van der Waals surface area contributed by atoms with Crippen LogP contribution in [0.4, 0.5) is 11.4 Å². The minimum atomic E-state index is -0.389. The molecule has 6 nitrogen and oxygen atoms in total. The topological polar surface area (TPSA) is 66.7 Å². The molecule has 0 radical (unpaired) electrons. The number of nitrogens with zero attached hydrogens (tertiary/aromatic N) is 3. The Kier molecular flexibility index (Phi) is 5.79. The summed E-state index contributed by atoms with van der Waals surface area (Å²) in [7, 11) is 0. The first kappa shape index (κ1) is 19.4. The first-order valence-corrected chi connectivity index (χ1v) is 10.5. The van der Waals surface area contributed by atoms with Gasteiger partial charge in [-0.1, -0.05) is 31.4 Å². The fourth-order valence-electron chi connectivity index (χ4n) is 4.47. The first-order valence-electron chi connectivity index (χ1n) is 10.5. The standard InChI is InChI=1S/C23H27N3O3/c27-23(20-8-6-19(7-9-20)18-4-2-1-3-5-18)25-16-14-24(15-17-25)21-10-12-22(13-11-21)26(28)29/h6-13,18H,1-5,14-17H2. The third-order valence-electron chi connectivity index (χ3n) is 6.23. The molecule has 1 amide bonds. The van der Waals surface area contributed by atoms with Gasteiger partial charge in [0.25, 0.3) is 11.6 Å². The number of carbonyl (C=O) groups excluding carboxylic acids is 1. The largest absolute Gasteiger partial charge is 0.368 e. The summed E-state index contributed by atoms with van der Waals surface area (Å²) in [5, 5.41) is 10.8. The van der Waals surface area contributed by atoms with Gasteiger partial charge in [0, 0.05) is 49.6 Å². The van der Waals surface area contributed by atoms with E-state index in [4.69, 9.17) is 0 Å². The van der Waals surface area contributed by atoms with Gasteiger partial charge in [-0.05, 0) is 48.6 Å². The van der Waals surface area contributed by atoms with E-state index in [0.29, 0.717) is 19.0 Å². The van der Waals surface area contributed by atoms with Crippen molar-refractivity contribution in [3.63, 3.8) is 0 Å². The molecule has 2 aromatic rings. The summed E-state index contributed by atoms with van der Waals surface area (Å²) in [4.78, 5) is 27.4. The SMILES string of the molecule is O=C(c1ccc(C2CCCCC2)cc1)N1CCN(c2ccc([N+](=O)[O-])cc2)CC1. The second-order valence-corrected chi connectivity index (χ2v) is 8.01. The van der Waals surface area contributed by atoms with Crippen LogP contribution in [0.25, 0.3) is 0 Å². The van der Waals surface area contributed by atoms with E-state index in [1.165, 1.54) is 49.8 Å². The molecule has 1 aliphatic heterocycles. The fraction of sp³-hybridized carbons (Fsp3) is 0.435. The fourth-order valence-corrected chi connectivity index (χ4v) is 4.47. The van der Waals surface area contributed by atoms with Gasteiger partial charge in [0.1, 0.15) is 0 Å². The number of hydrogen-bond acceptors (Lipinski definition) is 4. The van der Waals surface area contributed by atoms with Crippen LogP contribution in [0.15, 0.2) is 48.5 Å². The van der Waals surface area contributed by atoms with Gasteiger partial charge in [-0.15, -0.1) is 0 Å². The lowest BCUT2D eigenvalue weighted by molar-refractivity contribution is -0.384. The van der Waals surface area contributed by atoms with Gasteiger partial charge in [-0.3, -0.25) is 14.9 Å². The second kappa shape index (κ2) is 8.64. The number of amides is 1. The smallest absolute Gasteiger partial charge is 0.269 e. The van der Waals surface area contributed by atoms with Crippen molar-refractivity contribution in [2.75, 3.05) is 31.1 Å². The number of hydrogen-bond donors (Lipinski definition) is 0. The highest BCUT2D eigenvalue weighted by molar-refractivity contribution is 5.94. The number of rotatable bonds is 4. The van der Waals surface area contributed by atoms with E-state index in [1.807, 2.05) is 17.0 Å². The van der Waals surface area contributed by atoms with Crippen molar-refractivity contribution in [1.29, 1.82) is 0 Å². The maximum absolute atomic E-state index is 12.9. The monoisotopic (exact) mass is 393 g/mol. The highest BCUT2D eigenvalue weighted by Gasteiger charge is 2.23. The summed E-state index contributed by atoms with van der Waals surface area (Å²) >= 11 is 0. The highest BCUT2D eigenvalue weighted by atomic mass is 16.6. The van der Waals surface area contributed by atoms with E-state index in [-0.39, 0.29) is 16.5 Å². The molecule has 1 aliphatic carbocycles. The quantitative estimate of drug-likeness (QED) is 0.562. The van der Waals surface area contributed by atoms with E-state index < -0.39 is 0 Å². The molecule has 2 aromatic carbocycles. The lowest BCUT2D eigenvalue weighted by Crippen LogP contribution is -2.48. The van der Waals surface area contributed by atoms with Crippen molar-refractivity contribution >= 4 is 17.3 Å². The molecular formula is C23H27N3O3. The van der Waals surface area contributed by atoms with Crippen LogP contribution in [-0.4, -0.2) is 41.9 Å². The van der Waals surface area contributed by atoms with E-state index in [1.54, 1.807) is 12.1 Å². The molecular weight excluding hydrogens is 366 g/mol. The number of non-ortho nitro benzene ring substituents is 1. The van der Waals surface area contributed by atoms with Crippen LogP contribution in [0.2, 0.25) is 0 Å². The van der Waals surface area contributed by atoms with Gasteiger partial charge in [0.05, 0.1) is 4.92 Å². The van der Waals surface area contributed by atoms with Crippen molar-refractivity contribution in [3.8, 4) is 0 Å². The Bertz CT molecular complexity index is 850. The van der Waals surface area contributed by atoms with Gasteiger partial charge in [-0.25, -0.2) is 0 Å². The molecule has 0 spiro atoms. The molecule has 1 saturated heterocycles. The molecule has 2 aliphatic rings. The molecule has 0 aromatic heterocycles. The number of nitro benzene ring substituents is 1. The predicted molar refractivity (Wildman–Crippen MR) is 113 cm³/mol. The summed E-state index contributed by atoms with van der Waals surface area (Å²) in [6, 6.07) is 14.8. The lowest BCUT2D eigenvalue weighted by Gasteiger charge is -2.36. The van der Waals surface area contributed by atoms with Gasteiger partial charge < -0.3 is 9.80 Å². The summed E-state index contributed by atoms with van der Waals surface area (Å²) in [5.41, 5.74) is 3.18. The van der Waals surface area contributed by atoms with Gasteiger partial charge in [0.15, 0.2) is 0 Å². The van der Waals surface area contributed by atoms with Gasteiger partial charge >= 0.3 is 0 Å². The Morgan fingerprint density at radius 2 is 1.48 bits per heavy atom. The van der Waals surface area contributed by atoms with Crippen molar-refractivity contribution < 1.29 is 9.72 Å². The Labute approximate surface area is 171 Å². The molecule has 0 bridgehead atoms. The van der Waals surface area contributed by atoms with Crippen molar-refractivity contribution in [3.05, 3.63) is 69.8 Å². The number of carbonyl (C=O) groups is 1. The molecule has 1 saturated carbocycles. The summed E-state index contributed by atoms with van der Waals surface area (Å²) < 4.78 is 0. The minimum Gasteiger partial charge on any atom is -0.368 e. The molecule has 0 unspecified atom stereocenters. The zero-order valence-electron chi connectivity index (χ0n) is 16.6. The minimum absolute atomic E-state index is 0.0866. The Balaban J connectivity index is 1.34. The molecule has 0 atom stereocenters. The Morgan fingerprint density at radius 3 is 2.07 bits per heavy atom. The number of piperazine rings is 1. The predicted octanol–water partition coefficient (Wildman–Crippen LogP) is 4.60. The van der Waals surface area contributed by atoms with Crippen LogP contribution in [-0.2, 0) is 0 Å². The van der Waals surface area contributed by atoms with E-state index >= 15 is 0 Å². The van der Waals surface area contributed by atoms with Crippen molar-refractivity contribution in [2.24, 2.45) is 0 Å². The van der Waals surface area contributed by atoms with Crippen LogP contribution >= 0.6 is 0 Å². The Hall–Kier alpha value is -2.89. The molecule has 0 N–H and O–H groups in total. The van der Waals surface area contributed by atoms with Gasteiger partial charge in [0.2, 0.25) is 0 Å². The number of anilines is 1. The number of nitro groups is 1. The molecule has 29 heavy (non-hydrogen) atoms. The molecule has 4 rings (SSSR count). The molecule has 1 heterocycles. The average molecular weight is 393 g/mol. The number of benzene rings is 2. The third kappa shape index (κ3) is 4.42. The van der Waals surface area contributed by atoms with Crippen LogP contribution in [0.3, 0.4) is 0 Å². The van der Waals surface area contributed by atoms with Crippen molar-refractivity contribution in [1.82, 2.24) is 4.90 Å². The maximum Gasteiger partial charge on any atom is 0.269 e. The van der Waals surface area contributed by atoms with Gasteiger partial charge in [-0.2, -0.15) is 0 Å². The highest BCUT2D eigenvalue weighted by Crippen LogP contribution is 2.32. The first-order chi connectivity index (χ1) is 14.1. The zero-order chi connectivity index (χ0) is 20.2. The van der Waals surface area contributed by atoms with Crippen LogP contribution in [0.1, 0.15) is 53.9 Å². The van der Waals surface area contributed by atoms with Crippen LogP contribution in [0.5, 0.6) is 0 Å². The Morgan fingerprint density at radius 1 is 0.862 bits per heavy atom. The van der Waals surface area contributed by atoms with Crippen LogP contribution in [0, 0.1) is 10.1 Å². The normalized spacial score (nSPS) is 17.9. The molecule has 6 heteroatoms. The van der Waals surface area contributed by atoms with E-state index in [2.05, 4.69) is 17.0 Å². The van der Waals surface area contributed by atoms with E-state index in [0.717, 1.165) is 24.3 Å².